The highest BCUT2D eigenvalue weighted by molar-refractivity contribution is 5.28. The summed E-state index contributed by atoms with van der Waals surface area (Å²) in [6.45, 7) is 14.2. The zero-order valence-electron chi connectivity index (χ0n) is 20.3. The Morgan fingerprint density at radius 2 is 1.73 bits per heavy atom. The topological polar surface area (TPSA) is 37.6 Å². The van der Waals surface area contributed by atoms with E-state index in [1.165, 1.54) is 16.8 Å². The van der Waals surface area contributed by atoms with Gasteiger partial charge in [-0.3, -0.25) is 4.90 Å². The Labute approximate surface area is 199 Å². The van der Waals surface area contributed by atoms with Crippen LogP contribution in [0, 0.1) is 0 Å². The molecule has 0 aliphatic rings. The minimum Gasteiger partial charge on any atom is -0.389 e. The molecule has 1 atom stereocenters. The number of ether oxygens (including phenoxy) is 1. The lowest BCUT2D eigenvalue weighted by atomic mass is 9.87. The van der Waals surface area contributed by atoms with Crippen LogP contribution >= 0.6 is 0 Å². The first-order valence-corrected chi connectivity index (χ1v) is 11.7. The fraction of sp³-hybridized carbons (Fsp3) is 0.379. The molecule has 0 unspecified atom stereocenters. The van der Waals surface area contributed by atoms with Crippen molar-refractivity contribution < 1.29 is 9.84 Å². The van der Waals surface area contributed by atoms with Crippen molar-refractivity contribution in [3.63, 3.8) is 0 Å². The van der Waals surface area contributed by atoms with Crippen LogP contribution in [0.1, 0.15) is 43.2 Å². The van der Waals surface area contributed by atoms with Gasteiger partial charge in [0.05, 0.1) is 19.3 Å². The number of hydrogen-bond acceptors (Lipinski definition) is 3. The molecule has 0 saturated heterocycles. The standard InChI is InChI=1S/C29H38N2O2/c1-5-17-30(21-28(32)23-33-22-25-10-7-6-8-11-25)20-27-12-9-18-31(27)19-24-13-15-26(16-14-24)29(2,3)4/h5-16,18,28,32H,1,17,19-23H2,2-4H3/t28-/m0/s1. The molecule has 1 aromatic heterocycles. The van der Waals surface area contributed by atoms with Crippen LogP contribution < -0.4 is 0 Å². The molecule has 4 nitrogen and oxygen atoms in total. The molecule has 2 aromatic carbocycles. The quantitative estimate of drug-likeness (QED) is 0.379. The summed E-state index contributed by atoms with van der Waals surface area (Å²) in [4.78, 5) is 2.21. The second-order valence-electron chi connectivity index (χ2n) is 9.71. The first-order valence-electron chi connectivity index (χ1n) is 11.7. The minimum atomic E-state index is -0.554. The Hall–Kier alpha value is -2.66. The molecular weight excluding hydrogens is 408 g/mol. The zero-order chi connectivity index (χ0) is 23.7. The second kappa shape index (κ2) is 12.0. The largest absolute Gasteiger partial charge is 0.389 e. The maximum absolute atomic E-state index is 10.5. The third-order valence-corrected chi connectivity index (χ3v) is 5.76. The van der Waals surface area contributed by atoms with Gasteiger partial charge in [0.2, 0.25) is 0 Å². The van der Waals surface area contributed by atoms with Gasteiger partial charge in [0.1, 0.15) is 0 Å². The number of benzene rings is 2. The molecule has 1 heterocycles. The molecule has 4 heteroatoms. The summed E-state index contributed by atoms with van der Waals surface area (Å²) in [5, 5.41) is 10.5. The number of aliphatic hydroxyl groups is 1. The van der Waals surface area contributed by atoms with Gasteiger partial charge in [0, 0.05) is 38.1 Å². The van der Waals surface area contributed by atoms with Gasteiger partial charge < -0.3 is 14.4 Å². The summed E-state index contributed by atoms with van der Waals surface area (Å²) in [5.41, 5.74) is 5.12. The van der Waals surface area contributed by atoms with Crippen molar-refractivity contribution >= 4 is 0 Å². The molecule has 0 spiro atoms. The van der Waals surface area contributed by atoms with Crippen molar-refractivity contribution in [3.8, 4) is 0 Å². The van der Waals surface area contributed by atoms with Crippen molar-refractivity contribution in [3.05, 3.63) is 108 Å². The Bertz CT molecular complexity index is 971. The fourth-order valence-corrected chi connectivity index (χ4v) is 3.91. The van der Waals surface area contributed by atoms with E-state index >= 15 is 0 Å². The van der Waals surface area contributed by atoms with Crippen LogP contribution in [0.25, 0.3) is 0 Å². The van der Waals surface area contributed by atoms with Gasteiger partial charge >= 0.3 is 0 Å². The van der Waals surface area contributed by atoms with Gasteiger partial charge in [-0.25, -0.2) is 0 Å². The molecule has 176 valence electrons. The van der Waals surface area contributed by atoms with E-state index in [1.54, 1.807) is 0 Å². The minimum absolute atomic E-state index is 0.161. The molecule has 3 rings (SSSR count). The summed E-state index contributed by atoms with van der Waals surface area (Å²) in [5.74, 6) is 0. The lowest BCUT2D eigenvalue weighted by molar-refractivity contribution is 0.0101. The number of hydrogen-bond donors (Lipinski definition) is 1. The predicted molar refractivity (Wildman–Crippen MR) is 136 cm³/mol. The van der Waals surface area contributed by atoms with Gasteiger partial charge in [0.15, 0.2) is 0 Å². The van der Waals surface area contributed by atoms with E-state index in [9.17, 15) is 5.11 Å². The van der Waals surface area contributed by atoms with Gasteiger partial charge in [-0.15, -0.1) is 6.58 Å². The molecule has 0 amide bonds. The van der Waals surface area contributed by atoms with Gasteiger partial charge in [-0.05, 0) is 34.2 Å². The van der Waals surface area contributed by atoms with Crippen LogP contribution in [0.2, 0.25) is 0 Å². The Morgan fingerprint density at radius 3 is 2.39 bits per heavy atom. The van der Waals surface area contributed by atoms with Gasteiger partial charge in [0.25, 0.3) is 0 Å². The molecule has 0 bridgehead atoms. The van der Waals surface area contributed by atoms with Crippen LogP contribution in [-0.2, 0) is 29.8 Å². The summed E-state index contributed by atoms with van der Waals surface area (Å²) in [6, 6.07) is 23.2. The van der Waals surface area contributed by atoms with Crippen molar-refractivity contribution in [2.75, 3.05) is 19.7 Å². The highest BCUT2D eigenvalue weighted by Gasteiger charge is 2.15. The van der Waals surface area contributed by atoms with E-state index in [0.717, 1.165) is 18.7 Å². The highest BCUT2D eigenvalue weighted by Crippen LogP contribution is 2.22. The molecular formula is C29H38N2O2. The Kier molecular flexibility index (Phi) is 9.07. The van der Waals surface area contributed by atoms with Crippen LogP contribution in [-0.4, -0.2) is 40.4 Å². The normalized spacial score (nSPS) is 12.8. The van der Waals surface area contributed by atoms with E-state index in [2.05, 4.69) is 79.4 Å². The van der Waals surface area contributed by atoms with E-state index in [0.29, 0.717) is 26.3 Å². The number of rotatable bonds is 12. The van der Waals surface area contributed by atoms with Gasteiger partial charge in [-0.2, -0.15) is 0 Å². The van der Waals surface area contributed by atoms with Crippen molar-refractivity contribution in [2.45, 2.75) is 52.0 Å². The molecule has 0 aliphatic carbocycles. The van der Waals surface area contributed by atoms with E-state index in [-0.39, 0.29) is 5.41 Å². The van der Waals surface area contributed by atoms with Gasteiger partial charge in [-0.1, -0.05) is 81.4 Å². The molecule has 0 radical (unpaired) electrons. The van der Waals surface area contributed by atoms with Crippen molar-refractivity contribution in [2.24, 2.45) is 0 Å². The summed E-state index contributed by atoms with van der Waals surface area (Å²) < 4.78 is 8.00. The van der Waals surface area contributed by atoms with Crippen molar-refractivity contribution in [1.29, 1.82) is 0 Å². The smallest absolute Gasteiger partial charge is 0.0900 e. The summed E-state index contributed by atoms with van der Waals surface area (Å²) >= 11 is 0. The monoisotopic (exact) mass is 446 g/mol. The number of aliphatic hydroxyl groups excluding tert-OH is 1. The maximum atomic E-state index is 10.5. The van der Waals surface area contributed by atoms with E-state index < -0.39 is 6.10 Å². The molecule has 0 fully saturated rings. The van der Waals surface area contributed by atoms with Crippen LogP contribution in [0.15, 0.2) is 85.6 Å². The summed E-state index contributed by atoms with van der Waals surface area (Å²) in [7, 11) is 0. The van der Waals surface area contributed by atoms with Crippen LogP contribution in [0.3, 0.4) is 0 Å². The molecule has 0 aliphatic heterocycles. The van der Waals surface area contributed by atoms with Crippen molar-refractivity contribution in [1.82, 2.24) is 9.47 Å². The highest BCUT2D eigenvalue weighted by atomic mass is 16.5. The SMILES string of the molecule is C=CCN(Cc1cccn1Cc1ccc(C(C)(C)C)cc1)C[C@H](O)COCc1ccccc1. The lowest BCUT2D eigenvalue weighted by Crippen LogP contribution is -2.35. The first-order chi connectivity index (χ1) is 15.8. The van der Waals surface area contributed by atoms with E-state index in [1.807, 2.05) is 36.4 Å². The second-order valence-corrected chi connectivity index (χ2v) is 9.71. The van der Waals surface area contributed by atoms with E-state index in [4.69, 9.17) is 4.74 Å². The molecule has 0 saturated carbocycles. The molecule has 3 aromatic rings. The Morgan fingerprint density at radius 1 is 1.00 bits per heavy atom. The average Bonchev–Trinajstić information content (AvgIpc) is 3.21. The number of aromatic nitrogens is 1. The Balaban J connectivity index is 1.55. The fourth-order valence-electron chi connectivity index (χ4n) is 3.91. The molecule has 33 heavy (non-hydrogen) atoms. The number of nitrogens with zero attached hydrogens (tertiary/aromatic N) is 2. The first kappa shape index (κ1) is 25.0. The maximum Gasteiger partial charge on any atom is 0.0900 e. The third-order valence-electron chi connectivity index (χ3n) is 5.76. The predicted octanol–water partition coefficient (Wildman–Crippen LogP) is 5.40. The van der Waals surface area contributed by atoms with Crippen LogP contribution in [0.5, 0.6) is 0 Å². The average molecular weight is 447 g/mol. The summed E-state index contributed by atoms with van der Waals surface area (Å²) in [6.07, 6.45) is 3.45. The lowest BCUT2D eigenvalue weighted by Gasteiger charge is -2.24. The van der Waals surface area contributed by atoms with Crippen LogP contribution in [0.4, 0.5) is 0 Å². The third kappa shape index (κ3) is 8.01. The molecule has 1 N–H and O–H groups in total. The zero-order valence-corrected chi connectivity index (χ0v) is 20.3.